The molecule has 0 saturated heterocycles. The molecule has 1 N–H and O–H groups in total. The number of hydrogen-bond acceptors (Lipinski definition) is 2. The third kappa shape index (κ3) is 2.35. The first-order valence-corrected chi connectivity index (χ1v) is 4.86. The molecule has 0 aliphatic heterocycles. The van der Waals surface area contributed by atoms with Gasteiger partial charge in [0.1, 0.15) is 5.83 Å². The average molecular weight is 218 g/mol. The minimum absolute atomic E-state index is 0.549. The van der Waals surface area contributed by atoms with Gasteiger partial charge in [-0.3, -0.25) is 0 Å². The van der Waals surface area contributed by atoms with E-state index in [1.807, 2.05) is 24.4 Å². The second kappa shape index (κ2) is 4.72. The predicted molar refractivity (Wildman–Crippen MR) is 59.7 cm³/mol. The van der Waals surface area contributed by atoms with Crippen molar-refractivity contribution in [3.05, 3.63) is 54.1 Å². The molecular weight excluding hydrogens is 207 g/mol. The number of halogens is 1. The van der Waals surface area contributed by atoms with Gasteiger partial charge in [0.15, 0.2) is 0 Å². The van der Waals surface area contributed by atoms with E-state index < -0.39 is 12.4 Å². The van der Waals surface area contributed by atoms with Gasteiger partial charge in [0, 0.05) is 12.4 Å². The van der Waals surface area contributed by atoms with Gasteiger partial charge in [-0.2, -0.15) is 5.10 Å². The lowest BCUT2D eigenvalue weighted by molar-refractivity contribution is 0.300. The largest absolute Gasteiger partial charge is 0.389 e. The van der Waals surface area contributed by atoms with E-state index in [-0.39, 0.29) is 0 Å². The summed E-state index contributed by atoms with van der Waals surface area (Å²) in [5.41, 5.74) is 1.62. The van der Waals surface area contributed by atoms with Crippen molar-refractivity contribution in [1.82, 2.24) is 9.78 Å². The smallest absolute Gasteiger partial charge is 0.126 e. The van der Waals surface area contributed by atoms with Crippen LogP contribution in [-0.2, 0) is 0 Å². The summed E-state index contributed by atoms with van der Waals surface area (Å²) in [4.78, 5) is 0. The average Bonchev–Trinajstić information content (AvgIpc) is 2.83. The fourth-order valence-corrected chi connectivity index (χ4v) is 1.37. The topological polar surface area (TPSA) is 38.0 Å². The molecule has 1 aromatic carbocycles. The molecule has 0 spiro atoms. The van der Waals surface area contributed by atoms with E-state index in [0.717, 1.165) is 5.69 Å². The third-order valence-corrected chi connectivity index (χ3v) is 2.14. The van der Waals surface area contributed by atoms with E-state index in [9.17, 15) is 4.39 Å². The first-order valence-electron chi connectivity index (χ1n) is 4.86. The van der Waals surface area contributed by atoms with Gasteiger partial charge in [0.2, 0.25) is 0 Å². The highest BCUT2D eigenvalue weighted by Gasteiger charge is 1.97. The van der Waals surface area contributed by atoms with Crippen molar-refractivity contribution in [1.29, 1.82) is 0 Å². The van der Waals surface area contributed by atoms with Crippen LogP contribution in [0, 0.1) is 0 Å². The number of rotatable bonds is 3. The molecular formula is C12H11FN2O. The summed E-state index contributed by atoms with van der Waals surface area (Å²) in [5, 5.41) is 12.6. The van der Waals surface area contributed by atoms with Gasteiger partial charge in [0.05, 0.1) is 12.3 Å². The van der Waals surface area contributed by atoms with Crippen molar-refractivity contribution < 1.29 is 9.50 Å². The monoisotopic (exact) mass is 218 g/mol. The minimum Gasteiger partial charge on any atom is -0.389 e. The summed E-state index contributed by atoms with van der Waals surface area (Å²) in [6.07, 6.45) is 4.82. The Hall–Kier alpha value is -1.94. The summed E-state index contributed by atoms with van der Waals surface area (Å²) in [5.74, 6) is -0.549. The van der Waals surface area contributed by atoms with Crippen LogP contribution in [0.2, 0.25) is 0 Å². The Morgan fingerprint density at radius 2 is 2.12 bits per heavy atom. The van der Waals surface area contributed by atoms with Gasteiger partial charge in [-0.1, -0.05) is 12.1 Å². The first-order chi connectivity index (χ1) is 7.79. The lowest BCUT2D eigenvalue weighted by atomic mass is 10.2. The molecule has 16 heavy (non-hydrogen) atoms. The van der Waals surface area contributed by atoms with E-state index >= 15 is 0 Å². The number of aliphatic hydroxyl groups is 1. The van der Waals surface area contributed by atoms with Crippen LogP contribution >= 0.6 is 0 Å². The van der Waals surface area contributed by atoms with Crippen molar-refractivity contribution >= 4 is 6.08 Å². The SMILES string of the molecule is OCC(F)=Cc1ccc(-n2cccn2)cc1. The molecule has 82 valence electrons. The van der Waals surface area contributed by atoms with Crippen molar-refractivity contribution in [2.75, 3.05) is 6.61 Å². The normalized spacial score (nSPS) is 11.8. The third-order valence-electron chi connectivity index (χ3n) is 2.14. The Labute approximate surface area is 92.5 Å². The van der Waals surface area contributed by atoms with Gasteiger partial charge >= 0.3 is 0 Å². The summed E-state index contributed by atoms with van der Waals surface area (Å²) in [6.45, 7) is -0.569. The molecule has 1 aromatic heterocycles. The molecule has 0 radical (unpaired) electrons. The maximum absolute atomic E-state index is 12.8. The van der Waals surface area contributed by atoms with Gasteiger partial charge in [-0.25, -0.2) is 9.07 Å². The summed E-state index contributed by atoms with van der Waals surface area (Å²) >= 11 is 0. The van der Waals surface area contributed by atoms with Crippen LogP contribution in [0.15, 0.2) is 48.6 Å². The van der Waals surface area contributed by atoms with Crippen molar-refractivity contribution in [2.45, 2.75) is 0 Å². The zero-order valence-electron chi connectivity index (χ0n) is 8.55. The predicted octanol–water partition coefficient (Wildman–Crippen LogP) is 2.17. The molecule has 0 saturated carbocycles. The van der Waals surface area contributed by atoms with Crippen LogP contribution in [0.4, 0.5) is 4.39 Å². The number of aromatic nitrogens is 2. The lowest BCUT2D eigenvalue weighted by Gasteiger charge is -2.01. The van der Waals surface area contributed by atoms with Crippen LogP contribution in [0.25, 0.3) is 11.8 Å². The minimum atomic E-state index is -0.569. The molecule has 3 nitrogen and oxygen atoms in total. The highest BCUT2D eigenvalue weighted by atomic mass is 19.1. The molecule has 0 unspecified atom stereocenters. The van der Waals surface area contributed by atoms with Gasteiger partial charge in [-0.05, 0) is 29.8 Å². The van der Waals surface area contributed by atoms with Gasteiger partial charge in [0.25, 0.3) is 0 Å². The Morgan fingerprint density at radius 3 is 2.69 bits per heavy atom. The van der Waals surface area contributed by atoms with Crippen molar-refractivity contribution in [2.24, 2.45) is 0 Å². The molecule has 2 rings (SSSR count). The number of nitrogens with zero attached hydrogens (tertiary/aromatic N) is 2. The molecule has 2 aromatic rings. The highest BCUT2D eigenvalue weighted by molar-refractivity contribution is 5.53. The number of aliphatic hydroxyl groups excluding tert-OH is 1. The Balaban J connectivity index is 2.23. The van der Waals surface area contributed by atoms with Crippen molar-refractivity contribution in [3.8, 4) is 5.69 Å². The van der Waals surface area contributed by atoms with E-state index in [1.54, 1.807) is 23.0 Å². The quantitative estimate of drug-likeness (QED) is 0.857. The molecule has 0 bridgehead atoms. The molecule has 0 atom stereocenters. The van der Waals surface area contributed by atoms with Crippen molar-refractivity contribution in [3.63, 3.8) is 0 Å². The molecule has 0 fully saturated rings. The van der Waals surface area contributed by atoms with E-state index in [1.165, 1.54) is 6.08 Å². The summed E-state index contributed by atoms with van der Waals surface area (Å²) in [7, 11) is 0. The van der Waals surface area contributed by atoms with Crippen LogP contribution in [0.3, 0.4) is 0 Å². The van der Waals surface area contributed by atoms with Crippen LogP contribution in [0.1, 0.15) is 5.56 Å². The van der Waals surface area contributed by atoms with Crippen LogP contribution < -0.4 is 0 Å². The maximum Gasteiger partial charge on any atom is 0.126 e. The molecule has 0 aliphatic rings. The summed E-state index contributed by atoms with van der Waals surface area (Å²) < 4.78 is 14.5. The Bertz CT molecular complexity index is 474. The van der Waals surface area contributed by atoms with Gasteiger partial charge < -0.3 is 5.11 Å². The summed E-state index contributed by atoms with van der Waals surface area (Å²) in [6, 6.07) is 9.05. The fraction of sp³-hybridized carbons (Fsp3) is 0.0833. The maximum atomic E-state index is 12.8. The Morgan fingerprint density at radius 1 is 1.38 bits per heavy atom. The standard InChI is InChI=1S/C12H11FN2O/c13-11(9-16)8-10-2-4-12(5-3-10)15-7-1-6-14-15/h1-8,16H,9H2. The van der Waals surface area contributed by atoms with Crippen LogP contribution in [-0.4, -0.2) is 21.5 Å². The zero-order chi connectivity index (χ0) is 11.4. The molecule has 4 heteroatoms. The number of hydrogen-bond donors (Lipinski definition) is 1. The number of benzene rings is 1. The van der Waals surface area contributed by atoms with Crippen LogP contribution in [0.5, 0.6) is 0 Å². The lowest BCUT2D eigenvalue weighted by Crippen LogP contribution is -1.93. The molecule has 0 amide bonds. The zero-order valence-corrected chi connectivity index (χ0v) is 8.55. The molecule has 1 heterocycles. The second-order valence-electron chi connectivity index (χ2n) is 3.29. The van der Waals surface area contributed by atoms with E-state index in [0.29, 0.717) is 5.56 Å². The van der Waals surface area contributed by atoms with Gasteiger partial charge in [-0.15, -0.1) is 0 Å². The van der Waals surface area contributed by atoms with E-state index in [2.05, 4.69) is 5.10 Å². The Kier molecular flexibility index (Phi) is 3.12. The highest BCUT2D eigenvalue weighted by Crippen LogP contribution is 2.11. The molecule has 0 aliphatic carbocycles. The first kappa shape index (κ1) is 10.6. The van der Waals surface area contributed by atoms with E-state index in [4.69, 9.17) is 5.11 Å². The fourth-order valence-electron chi connectivity index (χ4n) is 1.37. The second-order valence-corrected chi connectivity index (χ2v) is 3.29.